The zero-order valence-corrected chi connectivity index (χ0v) is 14.5. The van der Waals surface area contributed by atoms with Crippen LogP contribution in [-0.4, -0.2) is 53.2 Å². The third-order valence-electron chi connectivity index (χ3n) is 4.69. The molecule has 0 amide bonds. The highest BCUT2D eigenvalue weighted by Crippen LogP contribution is 2.36. The van der Waals surface area contributed by atoms with E-state index in [1.54, 1.807) is 19.3 Å². The number of hydrogen-bond acceptors (Lipinski definition) is 6. The minimum absolute atomic E-state index is 0.404. The lowest BCUT2D eigenvalue weighted by molar-refractivity contribution is 0.00578. The Bertz CT molecular complexity index is 505. The van der Waals surface area contributed by atoms with Crippen LogP contribution in [0, 0.1) is 0 Å². The number of rotatable bonds is 6. The van der Waals surface area contributed by atoms with Gasteiger partial charge in [-0.15, -0.1) is 0 Å². The number of nitrogens with zero attached hydrogens (tertiary/aromatic N) is 1. The lowest BCUT2D eigenvalue weighted by Crippen LogP contribution is -2.41. The van der Waals surface area contributed by atoms with E-state index in [-0.39, 0.29) is 0 Å². The Morgan fingerprint density at radius 1 is 1.17 bits per heavy atom. The van der Waals surface area contributed by atoms with Gasteiger partial charge in [0.25, 0.3) is 0 Å². The molecule has 0 aromatic carbocycles. The number of pyridine rings is 1. The number of aliphatic hydroxyl groups is 2. The maximum atomic E-state index is 10.1. The minimum atomic E-state index is -1.00. The fourth-order valence-corrected chi connectivity index (χ4v) is 2.36. The van der Waals surface area contributed by atoms with Crippen molar-refractivity contribution in [3.8, 4) is 0 Å². The summed E-state index contributed by atoms with van der Waals surface area (Å²) in [6, 6.07) is 3.52. The van der Waals surface area contributed by atoms with Gasteiger partial charge in [-0.2, -0.15) is 0 Å². The van der Waals surface area contributed by atoms with E-state index >= 15 is 0 Å². The van der Waals surface area contributed by atoms with Gasteiger partial charge in [0.15, 0.2) is 0 Å². The molecule has 2 rings (SSSR count). The Morgan fingerprint density at radius 2 is 1.78 bits per heavy atom. The van der Waals surface area contributed by atoms with Gasteiger partial charge in [0.2, 0.25) is 0 Å². The molecule has 0 spiro atoms. The van der Waals surface area contributed by atoms with Crippen LogP contribution >= 0.6 is 0 Å². The van der Waals surface area contributed by atoms with Crippen LogP contribution in [0.3, 0.4) is 0 Å². The second-order valence-corrected chi connectivity index (χ2v) is 7.01. The number of aromatic nitrogens is 1. The lowest BCUT2D eigenvalue weighted by atomic mass is 9.80. The Balaban J connectivity index is 2.06. The van der Waals surface area contributed by atoms with Gasteiger partial charge >= 0.3 is 7.12 Å². The van der Waals surface area contributed by atoms with Gasteiger partial charge in [0, 0.05) is 11.7 Å². The van der Waals surface area contributed by atoms with Crippen LogP contribution in [0.5, 0.6) is 0 Å². The van der Waals surface area contributed by atoms with Crippen molar-refractivity contribution >= 4 is 12.6 Å². The SMILES string of the molecule is CNCCC(O)C(O)c1ccc(B2OC(C)(C)C(C)(C)O2)cn1. The van der Waals surface area contributed by atoms with Crippen molar-refractivity contribution in [2.75, 3.05) is 13.6 Å². The summed E-state index contributed by atoms with van der Waals surface area (Å²) in [6.45, 7) is 8.62. The van der Waals surface area contributed by atoms with E-state index in [4.69, 9.17) is 9.31 Å². The number of aliphatic hydroxyl groups excluding tert-OH is 2. The molecule has 0 bridgehead atoms. The summed E-state index contributed by atoms with van der Waals surface area (Å²) in [5.41, 5.74) is 0.427. The van der Waals surface area contributed by atoms with Gasteiger partial charge in [-0.25, -0.2) is 0 Å². The first kappa shape index (κ1) is 18.4. The number of nitrogens with one attached hydrogen (secondary N) is 1. The van der Waals surface area contributed by atoms with Crippen molar-refractivity contribution in [1.82, 2.24) is 10.3 Å². The molecular formula is C16H27BN2O4. The highest BCUT2D eigenvalue weighted by Gasteiger charge is 2.51. The predicted molar refractivity (Wildman–Crippen MR) is 89.5 cm³/mol. The minimum Gasteiger partial charge on any atom is -0.399 e. The molecule has 0 aliphatic carbocycles. The Morgan fingerprint density at radius 3 is 2.26 bits per heavy atom. The normalized spacial score (nSPS) is 22.1. The molecule has 3 N–H and O–H groups in total. The average molecular weight is 322 g/mol. The maximum Gasteiger partial charge on any atom is 0.496 e. The highest BCUT2D eigenvalue weighted by atomic mass is 16.7. The van der Waals surface area contributed by atoms with E-state index < -0.39 is 30.5 Å². The monoisotopic (exact) mass is 322 g/mol. The van der Waals surface area contributed by atoms with Crippen molar-refractivity contribution < 1.29 is 19.5 Å². The van der Waals surface area contributed by atoms with Crippen molar-refractivity contribution in [3.05, 3.63) is 24.0 Å². The second kappa shape index (κ2) is 6.87. The molecule has 2 atom stereocenters. The summed E-state index contributed by atoms with van der Waals surface area (Å²) in [4.78, 5) is 4.26. The van der Waals surface area contributed by atoms with Crippen molar-refractivity contribution in [3.63, 3.8) is 0 Å². The summed E-state index contributed by atoms with van der Waals surface area (Å²) in [5.74, 6) is 0. The molecule has 1 saturated heterocycles. The second-order valence-electron chi connectivity index (χ2n) is 7.01. The first-order chi connectivity index (χ1) is 10.7. The Kier molecular flexibility index (Phi) is 5.48. The molecule has 7 heteroatoms. The lowest BCUT2D eigenvalue weighted by Gasteiger charge is -2.32. The van der Waals surface area contributed by atoms with E-state index in [1.807, 2.05) is 33.8 Å². The Hall–Kier alpha value is -0.985. The van der Waals surface area contributed by atoms with Crippen LogP contribution < -0.4 is 10.8 Å². The smallest absolute Gasteiger partial charge is 0.399 e. The number of hydrogen-bond donors (Lipinski definition) is 3. The van der Waals surface area contributed by atoms with E-state index in [0.29, 0.717) is 18.7 Å². The van der Waals surface area contributed by atoms with Crippen molar-refractivity contribution in [1.29, 1.82) is 0 Å². The first-order valence-corrected chi connectivity index (χ1v) is 8.00. The van der Waals surface area contributed by atoms with E-state index in [2.05, 4.69) is 10.3 Å². The van der Waals surface area contributed by atoms with Gasteiger partial charge in [0.1, 0.15) is 6.10 Å². The van der Waals surface area contributed by atoms with E-state index in [1.165, 1.54) is 0 Å². The van der Waals surface area contributed by atoms with Gasteiger partial charge in [-0.1, -0.05) is 6.07 Å². The summed E-state index contributed by atoms with van der Waals surface area (Å²) >= 11 is 0. The fraction of sp³-hybridized carbons (Fsp3) is 0.688. The maximum absolute atomic E-state index is 10.1. The molecule has 2 unspecified atom stereocenters. The molecule has 1 aromatic rings. The van der Waals surface area contributed by atoms with Gasteiger partial charge in [-0.3, -0.25) is 4.98 Å². The first-order valence-electron chi connectivity index (χ1n) is 8.00. The van der Waals surface area contributed by atoms with Crippen molar-refractivity contribution in [2.45, 2.75) is 57.5 Å². The molecule has 1 aromatic heterocycles. The van der Waals surface area contributed by atoms with Gasteiger partial charge in [-0.05, 0) is 53.8 Å². The zero-order chi connectivity index (χ0) is 17.3. The van der Waals surface area contributed by atoms with E-state index in [0.717, 1.165) is 5.46 Å². The average Bonchev–Trinajstić information content (AvgIpc) is 2.72. The van der Waals surface area contributed by atoms with E-state index in [9.17, 15) is 10.2 Å². The van der Waals surface area contributed by atoms with Crippen LogP contribution in [-0.2, 0) is 9.31 Å². The molecule has 0 radical (unpaired) electrons. The predicted octanol–water partition coefficient (Wildman–Crippen LogP) is 0.385. The molecule has 23 heavy (non-hydrogen) atoms. The summed E-state index contributed by atoms with van der Waals surface area (Å²) in [5, 5.41) is 23.0. The molecule has 1 aliphatic heterocycles. The summed E-state index contributed by atoms with van der Waals surface area (Å²) < 4.78 is 11.9. The summed E-state index contributed by atoms with van der Waals surface area (Å²) in [6.07, 6.45) is 0.234. The third-order valence-corrected chi connectivity index (χ3v) is 4.69. The van der Waals surface area contributed by atoms with Gasteiger partial charge < -0.3 is 24.8 Å². The molecule has 1 aliphatic rings. The Labute approximate surface area is 138 Å². The topological polar surface area (TPSA) is 83.8 Å². The quantitative estimate of drug-likeness (QED) is 0.657. The summed E-state index contributed by atoms with van der Waals surface area (Å²) in [7, 11) is 1.32. The van der Waals surface area contributed by atoms with Crippen LogP contribution in [0.25, 0.3) is 0 Å². The zero-order valence-electron chi connectivity index (χ0n) is 14.5. The fourth-order valence-electron chi connectivity index (χ4n) is 2.36. The molecule has 2 heterocycles. The largest absolute Gasteiger partial charge is 0.496 e. The standard InChI is InChI=1S/C16H27BN2O4/c1-15(2)16(3,4)23-17(22-15)11-6-7-12(19-10-11)14(21)13(20)8-9-18-5/h6-7,10,13-14,18,20-21H,8-9H2,1-5H3. The molecule has 0 saturated carbocycles. The molecule has 1 fully saturated rings. The van der Waals surface area contributed by atoms with Crippen LogP contribution in [0.2, 0.25) is 0 Å². The molecule has 128 valence electrons. The van der Waals surface area contributed by atoms with Crippen molar-refractivity contribution in [2.24, 2.45) is 0 Å². The highest BCUT2D eigenvalue weighted by molar-refractivity contribution is 6.62. The molecule has 6 nitrogen and oxygen atoms in total. The van der Waals surface area contributed by atoms with Crippen LogP contribution in [0.15, 0.2) is 18.3 Å². The molecular weight excluding hydrogens is 295 g/mol. The third kappa shape index (κ3) is 3.92. The van der Waals surface area contributed by atoms with Crippen LogP contribution in [0.1, 0.15) is 45.9 Å². The van der Waals surface area contributed by atoms with Crippen LogP contribution in [0.4, 0.5) is 0 Å². The van der Waals surface area contributed by atoms with Gasteiger partial charge in [0.05, 0.1) is 23.0 Å².